The van der Waals surface area contributed by atoms with Gasteiger partial charge in [0.05, 0.1) is 0 Å². The molecule has 0 unspecified atom stereocenters. The minimum atomic E-state index is -0.118. The van der Waals surface area contributed by atoms with E-state index in [1.807, 2.05) is 12.1 Å². The highest BCUT2D eigenvalue weighted by Gasteiger charge is 2.01. The van der Waals surface area contributed by atoms with Crippen LogP contribution in [0.3, 0.4) is 0 Å². The highest BCUT2D eigenvalue weighted by Crippen LogP contribution is 2.15. The first kappa shape index (κ1) is 13.9. The predicted octanol–water partition coefficient (Wildman–Crippen LogP) is 5.18. The van der Waals surface area contributed by atoms with E-state index in [0.29, 0.717) is 16.3 Å². The molecule has 4 nitrogen and oxygen atoms in total. The summed E-state index contributed by atoms with van der Waals surface area (Å²) < 4.78 is 0. The number of nitrogens with zero attached hydrogens (tertiary/aromatic N) is 3. The van der Waals surface area contributed by atoms with Crippen LogP contribution in [-0.2, 0) is 0 Å². The molecular weight excluding hydrogens is 274 g/mol. The Kier molecular flexibility index (Phi) is 4.56. The molecule has 0 radical (unpaired) electrons. The molecule has 0 N–H and O–H groups in total. The summed E-state index contributed by atoms with van der Waals surface area (Å²) in [4.78, 5) is 14.6. The molecule has 0 aliphatic heterocycles. The van der Waals surface area contributed by atoms with Crippen molar-refractivity contribution in [2.75, 3.05) is 0 Å². The van der Waals surface area contributed by atoms with E-state index >= 15 is 0 Å². The Morgan fingerprint density at radius 2 is 1.75 bits per heavy atom. The van der Waals surface area contributed by atoms with Crippen LogP contribution in [0.2, 0.25) is 5.02 Å². The number of ketones is 1. The molecule has 0 aliphatic carbocycles. The number of carbonyl (C=O) groups is 1. The average Bonchev–Trinajstić information content (AvgIpc) is 2.47. The van der Waals surface area contributed by atoms with Crippen molar-refractivity contribution < 1.29 is 4.79 Å². The summed E-state index contributed by atoms with van der Waals surface area (Å²) in [6.07, 6.45) is 3.21. The van der Waals surface area contributed by atoms with Gasteiger partial charge in [-0.05, 0) is 29.3 Å². The maximum atomic E-state index is 11.9. The maximum Gasteiger partial charge on any atom is 0.185 e. The molecular formula is C15H10ClN3O. The number of carbonyl (C=O) groups excluding carboxylic acids is 1. The number of allylic oxidation sites excluding steroid dienone is 1. The van der Waals surface area contributed by atoms with Crippen molar-refractivity contribution in [1.29, 1.82) is 0 Å². The third kappa shape index (κ3) is 3.72. The minimum absolute atomic E-state index is 0.118. The van der Waals surface area contributed by atoms with Crippen LogP contribution in [0.4, 0.5) is 5.69 Å². The lowest BCUT2D eigenvalue weighted by molar-refractivity contribution is 0.104. The topological polar surface area (TPSA) is 65.8 Å². The molecule has 0 aliphatic rings. The molecule has 0 amide bonds. The van der Waals surface area contributed by atoms with E-state index in [0.717, 1.165) is 5.56 Å². The van der Waals surface area contributed by atoms with Crippen molar-refractivity contribution in [3.05, 3.63) is 81.2 Å². The standard InChI is InChI=1S/C15H10ClN3O/c16-13-6-1-11(2-7-13)3-10-15(20)12-4-8-14(9-5-12)18-19-17/h1-10H. The van der Waals surface area contributed by atoms with Gasteiger partial charge in [0, 0.05) is 21.2 Å². The summed E-state index contributed by atoms with van der Waals surface area (Å²) in [5.41, 5.74) is 10.2. The van der Waals surface area contributed by atoms with Crippen LogP contribution in [0.1, 0.15) is 15.9 Å². The Hall–Kier alpha value is -2.55. The molecule has 98 valence electrons. The van der Waals surface area contributed by atoms with E-state index in [2.05, 4.69) is 10.0 Å². The van der Waals surface area contributed by atoms with Crippen LogP contribution in [0.15, 0.2) is 59.7 Å². The predicted molar refractivity (Wildman–Crippen MR) is 80.1 cm³/mol. The number of benzene rings is 2. The van der Waals surface area contributed by atoms with Gasteiger partial charge in [-0.3, -0.25) is 4.79 Å². The van der Waals surface area contributed by atoms with E-state index in [4.69, 9.17) is 17.1 Å². The highest BCUT2D eigenvalue weighted by atomic mass is 35.5. The molecule has 0 spiro atoms. The number of hydrogen-bond acceptors (Lipinski definition) is 2. The van der Waals surface area contributed by atoms with Gasteiger partial charge in [-0.1, -0.05) is 59.2 Å². The summed E-state index contributed by atoms with van der Waals surface area (Å²) in [7, 11) is 0. The van der Waals surface area contributed by atoms with Crippen LogP contribution in [0.5, 0.6) is 0 Å². The minimum Gasteiger partial charge on any atom is -0.289 e. The number of halogens is 1. The first-order valence-corrected chi connectivity index (χ1v) is 6.20. The van der Waals surface area contributed by atoms with Gasteiger partial charge < -0.3 is 0 Å². The van der Waals surface area contributed by atoms with Gasteiger partial charge >= 0.3 is 0 Å². The lowest BCUT2D eigenvalue weighted by Gasteiger charge is -1.97. The van der Waals surface area contributed by atoms with E-state index < -0.39 is 0 Å². The lowest BCUT2D eigenvalue weighted by Crippen LogP contribution is -1.92. The third-order valence-electron chi connectivity index (χ3n) is 2.61. The largest absolute Gasteiger partial charge is 0.289 e. The fourth-order valence-electron chi connectivity index (χ4n) is 1.59. The fourth-order valence-corrected chi connectivity index (χ4v) is 1.71. The molecule has 5 heteroatoms. The zero-order chi connectivity index (χ0) is 14.4. The second-order valence-corrected chi connectivity index (χ2v) is 4.42. The van der Waals surface area contributed by atoms with Crippen molar-refractivity contribution in [2.24, 2.45) is 5.11 Å². The number of azide groups is 1. The molecule has 2 aromatic rings. The van der Waals surface area contributed by atoms with Gasteiger partial charge in [0.15, 0.2) is 5.78 Å². The quantitative estimate of drug-likeness (QED) is 0.251. The molecule has 20 heavy (non-hydrogen) atoms. The zero-order valence-electron chi connectivity index (χ0n) is 10.4. The summed E-state index contributed by atoms with van der Waals surface area (Å²) >= 11 is 5.79. The number of rotatable bonds is 4. The second kappa shape index (κ2) is 6.57. The van der Waals surface area contributed by atoms with Gasteiger partial charge in [0.1, 0.15) is 0 Å². The Balaban J connectivity index is 2.11. The molecule has 0 atom stereocenters. The third-order valence-corrected chi connectivity index (χ3v) is 2.86. The van der Waals surface area contributed by atoms with Crippen LogP contribution in [-0.4, -0.2) is 5.78 Å². The molecule has 0 aromatic heterocycles. The lowest BCUT2D eigenvalue weighted by atomic mass is 10.1. The Labute approximate surface area is 120 Å². The SMILES string of the molecule is [N-]=[N+]=Nc1ccc(C(=O)C=Cc2ccc(Cl)cc2)cc1. The molecule has 2 aromatic carbocycles. The van der Waals surface area contributed by atoms with Crippen LogP contribution < -0.4 is 0 Å². The van der Waals surface area contributed by atoms with Gasteiger partial charge in [-0.25, -0.2) is 0 Å². The van der Waals surface area contributed by atoms with E-state index in [1.165, 1.54) is 6.08 Å². The molecule has 0 saturated heterocycles. The van der Waals surface area contributed by atoms with E-state index in [9.17, 15) is 4.79 Å². The average molecular weight is 284 g/mol. The van der Waals surface area contributed by atoms with Gasteiger partial charge in [-0.15, -0.1) is 0 Å². The number of hydrogen-bond donors (Lipinski definition) is 0. The molecule has 0 heterocycles. The molecule has 0 saturated carbocycles. The Morgan fingerprint density at radius 1 is 1.10 bits per heavy atom. The molecule has 0 fully saturated rings. The van der Waals surface area contributed by atoms with Crippen molar-refractivity contribution in [3.63, 3.8) is 0 Å². The van der Waals surface area contributed by atoms with Gasteiger partial charge in [0.2, 0.25) is 0 Å². The monoisotopic (exact) mass is 283 g/mol. The first-order chi connectivity index (χ1) is 9.69. The Morgan fingerprint density at radius 3 is 2.35 bits per heavy atom. The Bertz CT molecular complexity index is 684. The second-order valence-electron chi connectivity index (χ2n) is 3.99. The summed E-state index contributed by atoms with van der Waals surface area (Å²) in [6.45, 7) is 0. The van der Waals surface area contributed by atoms with Crippen LogP contribution >= 0.6 is 11.6 Å². The normalized spacial score (nSPS) is 10.2. The van der Waals surface area contributed by atoms with Crippen molar-refractivity contribution in [1.82, 2.24) is 0 Å². The van der Waals surface area contributed by atoms with Gasteiger partial charge in [-0.2, -0.15) is 0 Å². The first-order valence-electron chi connectivity index (χ1n) is 5.82. The summed E-state index contributed by atoms with van der Waals surface area (Å²) in [6, 6.07) is 13.6. The summed E-state index contributed by atoms with van der Waals surface area (Å²) in [5, 5.41) is 4.10. The van der Waals surface area contributed by atoms with Crippen molar-refractivity contribution in [3.8, 4) is 0 Å². The smallest absolute Gasteiger partial charge is 0.185 e. The maximum absolute atomic E-state index is 11.9. The van der Waals surface area contributed by atoms with E-state index in [1.54, 1.807) is 42.5 Å². The van der Waals surface area contributed by atoms with Crippen LogP contribution in [0, 0.1) is 0 Å². The fraction of sp³-hybridized carbons (Fsp3) is 0. The molecule has 2 rings (SSSR count). The highest BCUT2D eigenvalue weighted by molar-refractivity contribution is 6.30. The van der Waals surface area contributed by atoms with Crippen LogP contribution in [0.25, 0.3) is 16.5 Å². The summed E-state index contributed by atoms with van der Waals surface area (Å²) in [5.74, 6) is -0.118. The zero-order valence-corrected chi connectivity index (χ0v) is 11.2. The van der Waals surface area contributed by atoms with Crippen molar-refractivity contribution in [2.45, 2.75) is 0 Å². The van der Waals surface area contributed by atoms with E-state index in [-0.39, 0.29) is 5.78 Å². The van der Waals surface area contributed by atoms with Gasteiger partial charge in [0.25, 0.3) is 0 Å². The van der Waals surface area contributed by atoms with Crippen molar-refractivity contribution >= 4 is 29.1 Å². The molecule has 0 bridgehead atoms.